The number of hydrogen-bond donors (Lipinski definition) is 1. The fraction of sp³-hybridized carbons (Fsp3) is 0.778. The van der Waals surface area contributed by atoms with Gasteiger partial charge in [-0.1, -0.05) is 32.9 Å². The highest BCUT2D eigenvalue weighted by atomic mass is 16.3. The predicted octanol–water partition coefficient (Wildman–Crippen LogP) is 2.36. The SMILES string of the molecule is C=C(CO)CCC(C)(C)C. The zero-order valence-electron chi connectivity index (χ0n) is 7.28. The van der Waals surface area contributed by atoms with Gasteiger partial charge in [0.25, 0.3) is 0 Å². The van der Waals surface area contributed by atoms with Crippen molar-refractivity contribution in [2.24, 2.45) is 5.41 Å². The first-order valence-corrected chi connectivity index (χ1v) is 3.73. The lowest BCUT2D eigenvalue weighted by atomic mass is 9.89. The van der Waals surface area contributed by atoms with Crippen molar-refractivity contribution in [1.29, 1.82) is 0 Å². The van der Waals surface area contributed by atoms with Crippen LogP contribution < -0.4 is 0 Å². The summed E-state index contributed by atoms with van der Waals surface area (Å²) in [7, 11) is 0. The second-order valence-electron chi connectivity index (χ2n) is 3.97. The van der Waals surface area contributed by atoms with Crippen LogP contribution in [0, 0.1) is 5.41 Å². The van der Waals surface area contributed by atoms with E-state index in [0.29, 0.717) is 5.41 Å². The zero-order valence-corrected chi connectivity index (χ0v) is 7.28. The first-order valence-electron chi connectivity index (χ1n) is 3.73. The van der Waals surface area contributed by atoms with Gasteiger partial charge in [-0.3, -0.25) is 0 Å². The quantitative estimate of drug-likeness (QED) is 0.600. The highest BCUT2D eigenvalue weighted by molar-refractivity contribution is 4.94. The molecule has 0 spiro atoms. The van der Waals surface area contributed by atoms with Gasteiger partial charge >= 0.3 is 0 Å². The first-order chi connectivity index (χ1) is 4.45. The first kappa shape index (κ1) is 9.70. The Morgan fingerprint density at radius 2 is 1.90 bits per heavy atom. The van der Waals surface area contributed by atoms with Crippen LogP contribution in [0.5, 0.6) is 0 Å². The molecule has 10 heavy (non-hydrogen) atoms. The normalized spacial score (nSPS) is 11.6. The lowest BCUT2D eigenvalue weighted by molar-refractivity contribution is 0.313. The third-order valence-corrected chi connectivity index (χ3v) is 1.45. The molecule has 0 amide bonds. The van der Waals surface area contributed by atoms with Crippen molar-refractivity contribution in [3.8, 4) is 0 Å². The number of hydrogen-bond acceptors (Lipinski definition) is 1. The van der Waals surface area contributed by atoms with Gasteiger partial charge in [0.2, 0.25) is 0 Å². The molecular weight excluding hydrogens is 124 g/mol. The lowest BCUT2D eigenvalue weighted by Gasteiger charge is -2.17. The average molecular weight is 142 g/mol. The van der Waals surface area contributed by atoms with E-state index >= 15 is 0 Å². The van der Waals surface area contributed by atoms with E-state index < -0.39 is 0 Å². The molecule has 0 rings (SSSR count). The van der Waals surface area contributed by atoms with E-state index in [9.17, 15) is 0 Å². The number of aliphatic hydroxyl groups is 1. The highest BCUT2D eigenvalue weighted by Crippen LogP contribution is 2.22. The smallest absolute Gasteiger partial charge is 0.0639 e. The maximum atomic E-state index is 8.63. The molecule has 0 aliphatic heterocycles. The van der Waals surface area contributed by atoms with E-state index in [1.165, 1.54) is 0 Å². The third-order valence-electron chi connectivity index (χ3n) is 1.45. The van der Waals surface area contributed by atoms with E-state index in [1.54, 1.807) is 0 Å². The van der Waals surface area contributed by atoms with Crippen LogP contribution in [0.3, 0.4) is 0 Å². The van der Waals surface area contributed by atoms with Gasteiger partial charge in [0.15, 0.2) is 0 Å². The van der Waals surface area contributed by atoms with E-state index in [0.717, 1.165) is 18.4 Å². The molecule has 1 nitrogen and oxygen atoms in total. The molecule has 0 fully saturated rings. The van der Waals surface area contributed by atoms with Crippen molar-refractivity contribution >= 4 is 0 Å². The summed E-state index contributed by atoms with van der Waals surface area (Å²) in [6.07, 6.45) is 2.05. The maximum absolute atomic E-state index is 8.63. The molecule has 0 aromatic carbocycles. The fourth-order valence-corrected chi connectivity index (χ4v) is 0.631. The second-order valence-corrected chi connectivity index (χ2v) is 3.97. The van der Waals surface area contributed by atoms with Crippen molar-refractivity contribution in [1.82, 2.24) is 0 Å². The van der Waals surface area contributed by atoms with Gasteiger partial charge in [-0.25, -0.2) is 0 Å². The molecule has 1 N–H and O–H groups in total. The summed E-state index contributed by atoms with van der Waals surface area (Å²) in [5, 5.41) is 8.63. The topological polar surface area (TPSA) is 20.2 Å². The van der Waals surface area contributed by atoms with Crippen molar-refractivity contribution in [3.05, 3.63) is 12.2 Å². The highest BCUT2D eigenvalue weighted by Gasteiger charge is 2.09. The Labute approximate surface area is 63.8 Å². The molecular formula is C9H18O. The molecule has 0 atom stereocenters. The minimum atomic E-state index is 0.135. The monoisotopic (exact) mass is 142 g/mol. The van der Waals surface area contributed by atoms with Gasteiger partial charge in [-0.05, 0) is 18.3 Å². The van der Waals surface area contributed by atoms with Gasteiger partial charge in [-0.15, -0.1) is 0 Å². The Kier molecular flexibility index (Phi) is 3.66. The Morgan fingerprint density at radius 1 is 1.40 bits per heavy atom. The molecule has 0 bridgehead atoms. The average Bonchev–Trinajstić information content (AvgIpc) is 1.81. The summed E-state index contributed by atoms with van der Waals surface area (Å²) in [5.74, 6) is 0. The minimum absolute atomic E-state index is 0.135. The van der Waals surface area contributed by atoms with Crippen LogP contribution in [-0.2, 0) is 0 Å². The lowest BCUT2D eigenvalue weighted by Crippen LogP contribution is -2.05. The van der Waals surface area contributed by atoms with Crippen LogP contribution in [0.1, 0.15) is 33.6 Å². The maximum Gasteiger partial charge on any atom is 0.0639 e. The Hall–Kier alpha value is -0.300. The summed E-state index contributed by atoms with van der Waals surface area (Å²) in [6, 6.07) is 0. The Balaban J connectivity index is 3.46. The van der Waals surface area contributed by atoms with E-state index in [1.807, 2.05) is 0 Å². The molecule has 0 aromatic heterocycles. The molecule has 0 unspecified atom stereocenters. The predicted molar refractivity (Wildman–Crippen MR) is 44.9 cm³/mol. The standard InChI is InChI=1S/C9H18O/c1-8(7-10)5-6-9(2,3)4/h10H,1,5-7H2,2-4H3. The molecule has 0 heterocycles. The summed E-state index contributed by atoms with van der Waals surface area (Å²) < 4.78 is 0. The minimum Gasteiger partial charge on any atom is -0.392 e. The summed E-state index contributed by atoms with van der Waals surface area (Å²) in [5.41, 5.74) is 1.30. The van der Waals surface area contributed by atoms with E-state index in [4.69, 9.17) is 5.11 Å². The second kappa shape index (κ2) is 3.77. The number of rotatable bonds is 3. The summed E-state index contributed by atoms with van der Waals surface area (Å²) >= 11 is 0. The van der Waals surface area contributed by atoms with E-state index in [2.05, 4.69) is 27.4 Å². The van der Waals surface area contributed by atoms with Gasteiger partial charge in [0.05, 0.1) is 6.61 Å². The molecule has 0 saturated heterocycles. The molecule has 0 radical (unpaired) electrons. The van der Waals surface area contributed by atoms with Crippen LogP contribution >= 0.6 is 0 Å². The van der Waals surface area contributed by atoms with Crippen LogP contribution in [0.4, 0.5) is 0 Å². The van der Waals surface area contributed by atoms with Gasteiger partial charge in [0.1, 0.15) is 0 Å². The van der Waals surface area contributed by atoms with Crippen molar-refractivity contribution < 1.29 is 5.11 Å². The zero-order chi connectivity index (χ0) is 8.20. The molecule has 0 aromatic rings. The van der Waals surface area contributed by atoms with Gasteiger partial charge < -0.3 is 5.11 Å². The Bertz CT molecular complexity index is 108. The summed E-state index contributed by atoms with van der Waals surface area (Å²) in [6.45, 7) is 10.4. The van der Waals surface area contributed by atoms with Crippen LogP contribution in [-0.4, -0.2) is 11.7 Å². The Morgan fingerprint density at radius 3 is 2.20 bits per heavy atom. The van der Waals surface area contributed by atoms with Crippen molar-refractivity contribution in [2.45, 2.75) is 33.6 Å². The fourth-order valence-electron chi connectivity index (χ4n) is 0.631. The van der Waals surface area contributed by atoms with Gasteiger partial charge in [0, 0.05) is 0 Å². The van der Waals surface area contributed by atoms with Crippen LogP contribution in [0.25, 0.3) is 0 Å². The molecule has 0 aliphatic carbocycles. The molecule has 0 saturated carbocycles. The van der Waals surface area contributed by atoms with Crippen molar-refractivity contribution in [3.63, 3.8) is 0 Å². The molecule has 60 valence electrons. The van der Waals surface area contributed by atoms with E-state index in [-0.39, 0.29) is 6.61 Å². The van der Waals surface area contributed by atoms with Crippen LogP contribution in [0.15, 0.2) is 12.2 Å². The largest absolute Gasteiger partial charge is 0.392 e. The molecule has 1 heteroatoms. The summed E-state index contributed by atoms with van der Waals surface area (Å²) in [4.78, 5) is 0. The number of aliphatic hydroxyl groups excluding tert-OH is 1. The van der Waals surface area contributed by atoms with Gasteiger partial charge in [-0.2, -0.15) is 0 Å². The van der Waals surface area contributed by atoms with Crippen LogP contribution in [0.2, 0.25) is 0 Å². The van der Waals surface area contributed by atoms with Crippen molar-refractivity contribution in [2.75, 3.05) is 6.61 Å². The third kappa shape index (κ3) is 5.83. The molecule has 0 aliphatic rings.